The number of pyridine rings is 1. The molecule has 2 aromatic heterocycles. The van der Waals surface area contributed by atoms with E-state index in [2.05, 4.69) is 15.4 Å². The lowest BCUT2D eigenvalue weighted by Gasteiger charge is -2.32. The third-order valence-electron chi connectivity index (χ3n) is 5.19. The predicted molar refractivity (Wildman–Crippen MR) is 116 cm³/mol. The van der Waals surface area contributed by atoms with Gasteiger partial charge in [-0.05, 0) is 43.2 Å². The molecule has 1 aromatic carbocycles. The second-order valence-electron chi connectivity index (χ2n) is 7.35. The van der Waals surface area contributed by atoms with Crippen LogP contribution in [0.4, 0.5) is 11.5 Å². The number of nitrogens with two attached hydrogens (primary N) is 1. The van der Waals surface area contributed by atoms with Crippen molar-refractivity contribution in [1.82, 2.24) is 14.8 Å². The third-order valence-corrected chi connectivity index (χ3v) is 5.19. The average Bonchev–Trinajstić information content (AvgIpc) is 2.80. The number of hydrogen-bond donors (Lipinski definition) is 2. The Kier molecular flexibility index (Phi) is 5.74. The zero-order valence-corrected chi connectivity index (χ0v) is 16.8. The molecule has 3 heterocycles. The van der Waals surface area contributed by atoms with Crippen molar-refractivity contribution in [2.45, 2.75) is 12.8 Å². The monoisotopic (exact) mass is 418 g/mol. The number of benzene rings is 1. The van der Waals surface area contributed by atoms with Gasteiger partial charge in [0.15, 0.2) is 0 Å². The van der Waals surface area contributed by atoms with E-state index in [1.807, 2.05) is 11.0 Å². The fraction of sp³-hybridized carbons (Fsp3) is 0.227. The van der Waals surface area contributed by atoms with Crippen LogP contribution in [0.15, 0.2) is 65.6 Å². The average molecular weight is 418 g/mol. The van der Waals surface area contributed by atoms with Crippen molar-refractivity contribution in [2.75, 3.05) is 23.3 Å². The normalized spacial score (nSPS) is 16.0. The van der Waals surface area contributed by atoms with Crippen LogP contribution in [0.25, 0.3) is 5.69 Å². The summed E-state index contributed by atoms with van der Waals surface area (Å²) in [4.78, 5) is 42.7. The molecule has 31 heavy (non-hydrogen) atoms. The number of hydrogen-bond acceptors (Lipinski definition) is 6. The Bertz CT molecular complexity index is 1140. The summed E-state index contributed by atoms with van der Waals surface area (Å²) in [5.41, 5.74) is 6.28. The Hall–Kier alpha value is -4.01. The second-order valence-corrected chi connectivity index (χ2v) is 7.35. The summed E-state index contributed by atoms with van der Waals surface area (Å²) in [5.74, 6) is -0.204. The molecule has 3 aromatic rings. The van der Waals surface area contributed by atoms with E-state index >= 15 is 0 Å². The molecule has 9 nitrogen and oxygen atoms in total. The van der Waals surface area contributed by atoms with Crippen LogP contribution >= 0.6 is 0 Å². The first-order valence-corrected chi connectivity index (χ1v) is 9.99. The minimum Gasteiger partial charge on any atom is -0.369 e. The first-order valence-electron chi connectivity index (χ1n) is 9.99. The lowest BCUT2D eigenvalue weighted by Crippen LogP contribution is -2.41. The van der Waals surface area contributed by atoms with E-state index in [0.717, 1.165) is 25.2 Å². The third kappa shape index (κ3) is 4.61. The first-order chi connectivity index (χ1) is 15.0. The van der Waals surface area contributed by atoms with Gasteiger partial charge in [-0.2, -0.15) is 9.78 Å². The van der Waals surface area contributed by atoms with Crippen LogP contribution < -0.4 is 21.5 Å². The smallest absolute Gasteiger partial charge is 0.276 e. The van der Waals surface area contributed by atoms with Gasteiger partial charge in [0.2, 0.25) is 5.91 Å². The Morgan fingerprint density at radius 1 is 1.06 bits per heavy atom. The molecule has 0 spiro atoms. The van der Waals surface area contributed by atoms with Gasteiger partial charge in [-0.15, -0.1) is 0 Å². The fourth-order valence-corrected chi connectivity index (χ4v) is 3.55. The summed E-state index contributed by atoms with van der Waals surface area (Å²) < 4.78 is 1.18. The van der Waals surface area contributed by atoms with Crippen molar-refractivity contribution < 1.29 is 9.59 Å². The molecular weight excluding hydrogens is 396 g/mol. The highest BCUT2D eigenvalue weighted by Crippen LogP contribution is 2.22. The summed E-state index contributed by atoms with van der Waals surface area (Å²) >= 11 is 0. The van der Waals surface area contributed by atoms with E-state index in [9.17, 15) is 14.4 Å². The number of aromatic nitrogens is 3. The number of carbonyl (C=O) groups is 2. The Morgan fingerprint density at radius 2 is 1.87 bits per heavy atom. The fourth-order valence-electron chi connectivity index (χ4n) is 3.55. The largest absolute Gasteiger partial charge is 0.369 e. The maximum absolute atomic E-state index is 12.6. The van der Waals surface area contributed by atoms with Crippen LogP contribution in [0.5, 0.6) is 0 Å². The van der Waals surface area contributed by atoms with E-state index in [1.165, 1.54) is 16.8 Å². The van der Waals surface area contributed by atoms with Gasteiger partial charge in [-0.3, -0.25) is 14.4 Å². The van der Waals surface area contributed by atoms with Gasteiger partial charge >= 0.3 is 0 Å². The van der Waals surface area contributed by atoms with Crippen LogP contribution in [0.3, 0.4) is 0 Å². The lowest BCUT2D eigenvalue weighted by molar-refractivity contribution is -0.122. The van der Waals surface area contributed by atoms with Crippen molar-refractivity contribution in [2.24, 2.45) is 11.7 Å². The zero-order valence-electron chi connectivity index (χ0n) is 16.8. The van der Waals surface area contributed by atoms with Gasteiger partial charge in [0, 0.05) is 19.2 Å². The molecule has 1 aliphatic heterocycles. The molecule has 158 valence electrons. The molecule has 4 rings (SSSR count). The molecule has 0 radical (unpaired) electrons. The van der Waals surface area contributed by atoms with E-state index in [-0.39, 0.29) is 23.1 Å². The van der Waals surface area contributed by atoms with Crippen LogP contribution in [0.2, 0.25) is 0 Å². The minimum absolute atomic E-state index is 0.105. The summed E-state index contributed by atoms with van der Waals surface area (Å²) in [5, 5.41) is 6.92. The molecule has 1 atom stereocenters. The zero-order chi connectivity index (χ0) is 21.8. The van der Waals surface area contributed by atoms with Crippen molar-refractivity contribution in [3.8, 4) is 5.69 Å². The van der Waals surface area contributed by atoms with Gasteiger partial charge in [0.1, 0.15) is 11.5 Å². The Labute approximate surface area is 178 Å². The standard InChI is InChI=1S/C22H22N6O3/c23-21(30)15-5-4-12-27(14-15)19-10-8-16(13-24-19)25-22(31)18-9-11-20(29)28(26-18)17-6-2-1-3-7-17/h1-3,6-11,13,15H,4-5,12,14H2,(H2,23,30)(H,25,31). The van der Waals surface area contributed by atoms with E-state index in [0.29, 0.717) is 17.9 Å². The molecule has 9 heteroatoms. The minimum atomic E-state index is -0.453. The lowest BCUT2D eigenvalue weighted by atomic mass is 9.97. The van der Waals surface area contributed by atoms with Gasteiger partial charge in [-0.25, -0.2) is 4.98 Å². The molecule has 1 saturated heterocycles. The molecular formula is C22H22N6O3. The van der Waals surface area contributed by atoms with Crippen molar-refractivity contribution >= 4 is 23.3 Å². The molecule has 0 aliphatic carbocycles. The molecule has 1 unspecified atom stereocenters. The highest BCUT2D eigenvalue weighted by atomic mass is 16.2. The number of piperidine rings is 1. The summed E-state index contributed by atoms with van der Waals surface area (Å²) in [6, 6.07) is 15.1. The van der Waals surface area contributed by atoms with Crippen LogP contribution in [0.1, 0.15) is 23.3 Å². The molecule has 0 bridgehead atoms. The SMILES string of the molecule is NC(=O)C1CCCN(c2ccc(NC(=O)c3ccc(=O)n(-c4ccccc4)n3)cn2)C1. The van der Waals surface area contributed by atoms with E-state index < -0.39 is 5.91 Å². The predicted octanol–water partition coefficient (Wildman–Crippen LogP) is 1.58. The van der Waals surface area contributed by atoms with Gasteiger partial charge < -0.3 is 16.0 Å². The number of rotatable bonds is 5. The second kappa shape index (κ2) is 8.78. The summed E-state index contributed by atoms with van der Waals surface area (Å²) in [7, 11) is 0. The van der Waals surface area contributed by atoms with E-state index in [4.69, 9.17) is 5.73 Å². The van der Waals surface area contributed by atoms with Gasteiger partial charge in [0.05, 0.1) is 23.5 Å². The van der Waals surface area contributed by atoms with Crippen molar-refractivity contribution in [3.05, 3.63) is 76.8 Å². The molecule has 1 aliphatic rings. The molecule has 2 amide bonds. The molecule has 3 N–H and O–H groups in total. The number of amides is 2. The number of carbonyl (C=O) groups excluding carboxylic acids is 2. The van der Waals surface area contributed by atoms with Gasteiger partial charge in [-0.1, -0.05) is 18.2 Å². The van der Waals surface area contributed by atoms with Gasteiger partial charge in [0.25, 0.3) is 11.5 Å². The Balaban J connectivity index is 1.47. The quantitative estimate of drug-likeness (QED) is 0.648. The Morgan fingerprint density at radius 3 is 2.58 bits per heavy atom. The topological polar surface area (TPSA) is 123 Å². The summed E-state index contributed by atoms with van der Waals surface area (Å²) in [6.45, 7) is 1.34. The number of nitrogens with one attached hydrogen (secondary N) is 1. The highest BCUT2D eigenvalue weighted by molar-refractivity contribution is 6.02. The maximum Gasteiger partial charge on any atom is 0.276 e. The van der Waals surface area contributed by atoms with Crippen LogP contribution in [-0.2, 0) is 4.79 Å². The molecule has 0 saturated carbocycles. The number of anilines is 2. The highest BCUT2D eigenvalue weighted by Gasteiger charge is 2.24. The number of primary amides is 1. The number of nitrogens with zero attached hydrogens (tertiary/aromatic N) is 4. The summed E-state index contributed by atoms with van der Waals surface area (Å²) in [6.07, 6.45) is 3.21. The van der Waals surface area contributed by atoms with E-state index in [1.54, 1.807) is 42.6 Å². The maximum atomic E-state index is 12.6. The number of para-hydroxylation sites is 1. The first kappa shape index (κ1) is 20.3. The molecule has 1 fully saturated rings. The van der Waals surface area contributed by atoms with Crippen molar-refractivity contribution in [1.29, 1.82) is 0 Å². The van der Waals surface area contributed by atoms with Crippen LogP contribution in [0, 0.1) is 5.92 Å². The van der Waals surface area contributed by atoms with Crippen molar-refractivity contribution in [3.63, 3.8) is 0 Å². The van der Waals surface area contributed by atoms with Crippen LogP contribution in [-0.4, -0.2) is 39.7 Å².